The Morgan fingerprint density at radius 1 is 0.810 bits per heavy atom. The Bertz CT molecular complexity index is 489. The summed E-state index contributed by atoms with van der Waals surface area (Å²) in [5.74, 6) is -0.0137. The van der Waals surface area contributed by atoms with Crippen LogP contribution >= 0.6 is 0 Å². The van der Waals surface area contributed by atoms with Gasteiger partial charge in [-0.05, 0) is 0 Å². The second kappa shape index (κ2) is 7.03. The normalized spacial score (nSPS) is 14.7. The number of imide groups is 1. The van der Waals surface area contributed by atoms with Crippen molar-refractivity contribution in [1.82, 2.24) is 2.71 Å². The molecule has 0 bridgehead atoms. The summed E-state index contributed by atoms with van der Waals surface area (Å²) in [6.45, 7) is 6.54. The van der Waals surface area contributed by atoms with E-state index < -0.39 is 21.5 Å². The number of rotatable bonds is 7. The molecule has 0 aliphatic carbocycles. The van der Waals surface area contributed by atoms with Crippen molar-refractivity contribution in [2.75, 3.05) is 0 Å². The van der Waals surface area contributed by atoms with Gasteiger partial charge in [0.25, 0.3) is 0 Å². The van der Waals surface area contributed by atoms with Crippen molar-refractivity contribution in [1.29, 1.82) is 0 Å². The second-order valence-corrected chi connectivity index (χ2v) is 23.1. The second-order valence-electron chi connectivity index (χ2n) is 5.97. The molecule has 2 rings (SSSR count). The first-order valence-corrected chi connectivity index (χ1v) is 18.1. The average Bonchev–Trinajstić information content (AvgIpc) is 2.73. The Morgan fingerprint density at radius 2 is 1.19 bits per heavy atom. The Balaban J connectivity index is 2.46. The molecule has 0 fully saturated rings. The Kier molecular flexibility index (Phi) is 5.57. The first-order valence-electron chi connectivity index (χ1n) is 8.09. The molecule has 0 saturated heterocycles. The number of carbonyl (C=O) groups is 2. The Hall–Kier alpha value is -0.718. The van der Waals surface area contributed by atoms with Crippen LogP contribution in [0.15, 0.2) is 24.3 Å². The van der Waals surface area contributed by atoms with E-state index in [4.69, 9.17) is 0 Å². The van der Waals surface area contributed by atoms with Gasteiger partial charge in [0.05, 0.1) is 0 Å². The molecule has 1 aliphatic rings. The molecule has 1 aromatic carbocycles. The van der Waals surface area contributed by atoms with E-state index in [2.05, 4.69) is 20.8 Å². The van der Waals surface area contributed by atoms with Crippen LogP contribution in [0.2, 0.25) is 11.9 Å². The van der Waals surface area contributed by atoms with E-state index in [1.54, 1.807) is 14.8 Å². The SMILES string of the molecule is CC[CH2][Pb]([CH2]CC)([CH2]CC)[N]1C(=O)c2ccccc2C1=O. The van der Waals surface area contributed by atoms with Crippen LogP contribution in [0, 0.1) is 0 Å². The van der Waals surface area contributed by atoms with Gasteiger partial charge in [0.1, 0.15) is 0 Å². The van der Waals surface area contributed by atoms with Crippen LogP contribution in [0.4, 0.5) is 0 Å². The summed E-state index contributed by atoms with van der Waals surface area (Å²) in [6, 6.07) is 7.31. The van der Waals surface area contributed by atoms with E-state index >= 15 is 0 Å². The molecule has 0 N–H and O–H groups in total. The molecule has 1 aromatic rings. The topological polar surface area (TPSA) is 37.4 Å². The zero-order chi connectivity index (χ0) is 15.5. The third-order valence-electron chi connectivity index (χ3n) is 4.41. The molecule has 114 valence electrons. The van der Waals surface area contributed by atoms with Crippen molar-refractivity contribution in [3.63, 3.8) is 0 Å². The van der Waals surface area contributed by atoms with E-state index in [-0.39, 0.29) is 11.8 Å². The molecule has 0 atom stereocenters. The average molecular weight is 483 g/mol. The van der Waals surface area contributed by atoms with E-state index in [1.807, 2.05) is 12.1 Å². The number of benzene rings is 1. The van der Waals surface area contributed by atoms with Gasteiger partial charge in [-0.3, -0.25) is 0 Å². The molecule has 3 nitrogen and oxygen atoms in total. The number of hydrogen-bond acceptors (Lipinski definition) is 2. The van der Waals surface area contributed by atoms with Crippen LogP contribution in [-0.2, 0) is 0 Å². The van der Waals surface area contributed by atoms with Crippen molar-refractivity contribution in [2.45, 2.75) is 52.0 Å². The van der Waals surface area contributed by atoms with Gasteiger partial charge in [-0.2, -0.15) is 0 Å². The van der Waals surface area contributed by atoms with Gasteiger partial charge >= 0.3 is 133 Å². The van der Waals surface area contributed by atoms with Gasteiger partial charge in [0.15, 0.2) is 0 Å². The van der Waals surface area contributed by atoms with Gasteiger partial charge in [-0.15, -0.1) is 0 Å². The number of amides is 2. The molecular formula is C17H25NO2Pb. The van der Waals surface area contributed by atoms with Crippen LogP contribution in [0.25, 0.3) is 0 Å². The summed E-state index contributed by atoms with van der Waals surface area (Å²) in [5, 5.41) is 0. The van der Waals surface area contributed by atoms with Crippen LogP contribution in [0.3, 0.4) is 0 Å². The summed E-state index contributed by atoms with van der Waals surface area (Å²) < 4.78 is 5.13. The number of carbonyl (C=O) groups excluding carboxylic acids is 2. The summed E-state index contributed by atoms with van der Waals surface area (Å²) in [6.07, 6.45) is 3.24. The molecule has 0 saturated carbocycles. The van der Waals surface area contributed by atoms with Gasteiger partial charge in [-0.25, -0.2) is 0 Å². The van der Waals surface area contributed by atoms with Crippen molar-refractivity contribution in [3.8, 4) is 0 Å². The molecule has 0 aromatic heterocycles. The third kappa shape index (κ3) is 2.94. The maximum atomic E-state index is 12.8. The van der Waals surface area contributed by atoms with Gasteiger partial charge in [-0.1, -0.05) is 0 Å². The molecule has 1 heterocycles. The minimum atomic E-state index is -3.10. The fourth-order valence-electron chi connectivity index (χ4n) is 3.73. The van der Waals surface area contributed by atoms with Gasteiger partial charge in [0, 0.05) is 0 Å². The fourth-order valence-corrected chi connectivity index (χ4v) is 24.4. The van der Waals surface area contributed by atoms with Crippen molar-refractivity contribution >= 4 is 33.3 Å². The molecular weight excluding hydrogens is 457 g/mol. The standard InChI is InChI=1S/C8H5NO2.3C3H7.Pb/c10-7-5-3-1-2-4-6(5)8(11)9-7;3*1-3-2;/h1-4H,(H,9,10,11);3*1,3H2,2H3;/q;;;;+1/p-1. The van der Waals surface area contributed by atoms with Crippen molar-refractivity contribution in [2.24, 2.45) is 0 Å². The van der Waals surface area contributed by atoms with Crippen LogP contribution in [0.1, 0.15) is 60.7 Å². The van der Waals surface area contributed by atoms with Crippen molar-refractivity contribution < 1.29 is 9.59 Å². The first-order chi connectivity index (χ1) is 10.1. The number of fused-ring (bicyclic) bond motifs is 1. The first kappa shape index (κ1) is 16.6. The zero-order valence-corrected chi connectivity index (χ0v) is 17.2. The zero-order valence-electron chi connectivity index (χ0n) is 13.3. The maximum absolute atomic E-state index is 12.8. The summed E-state index contributed by atoms with van der Waals surface area (Å²) >= 11 is -3.10. The third-order valence-corrected chi connectivity index (χ3v) is 26.4. The number of hydrogen-bond donors (Lipinski definition) is 0. The Morgan fingerprint density at radius 3 is 1.52 bits per heavy atom. The van der Waals surface area contributed by atoms with E-state index in [0.29, 0.717) is 11.1 Å². The Labute approximate surface area is 132 Å². The van der Waals surface area contributed by atoms with Crippen molar-refractivity contribution in [3.05, 3.63) is 35.4 Å². The molecule has 1 aliphatic heterocycles. The van der Waals surface area contributed by atoms with Gasteiger partial charge in [0.2, 0.25) is 0 Å². The summed E-state index contributed by atoms with van der Waals surface area (Å²) in [7, 11) is 0. The minimum absolute atomic E-state index is 0.00684. The van der Waals surface area contributed by atoms with Gasteiger partial charge < -0.3 is 0 Å². The van der Waals surface area contributed by atoms with Crippen LogP contribution < -0.4 is 0 Å². The fraction of sp³-hybridized carbons (Fsp3) is 0.529. The molecule has 0 radical (unpaired) electrons. The molecule has 2 amide bonds. The van der Waals surface area contributed by atoms with Crippen LogP contribution in [0.5, 0.6) is 0 Å². The molecule has 21 heavy (non-hydrogen) atoms. The van der Waals surface area contributed by atoms with E-state index in [9.17, 15) is 9.59 Å². The quantitative estimate of drug-likeness (QED) is 0.425. The molecule has 0 unspecified atom stereocenters. The number of nitrogens with zero attached hydrogens (tertiary/aromatic N) is 1. The van der Waals surface area contributed by atoms with Crippen LogP contribution in [-0.4, -0.2) is 36.0 Å². The predicted molar refractivity (Wildman–Crippen MR) is 88.0 cm³/mol. The summed E-state index contributed by atoms with van der Waals surface area (Å²) in [4.78, 5) is 25.7. The predicted octanol–water partition coefficient (Wildman–Crippen LogP) is 4.46. The van der Waals surface area contributed by atoms with E-state index in [1.165, 1.54) is 0 Å². The van der Waals surface area contributed by atoms with E-state index in [0.717, 1.165) is 31.2 Å². The monoisotopic (exact) mass is 483 g/mol. The molecule has 0 spiro atoms. The molecule has 4 heteroatoms. The summed E-state index contributed by atoms with van der Waals surface area (Å²) in [5.41, 5.74) is 1.24.